The number of fused-ring (bicyclic) bond motifs is 3. The molecule has 1 heterocycles. The van der Waals surface area contributed by atoms with Gasteiger partial charge in [0.15, 0.2) is 0 Å². The number of aromatic nitrogens is 2. The van der Waals surface area contributed by atoms with Crippen molar-refractivity contribution in [2.75, 3.05) is 0 Å². The van der Waals surface area contributed by atoms with E-state index in [1.165, 1.54) is 16.5 Å². The summed E-state index contributed by atoms with van der Waals surface area (Å²) >= 11 is 0. The molecule has 0 saturated carbocycles. The second-order valence-corrected chi connectivity index (χ2v) is 6.35. The van der Waals surface area contributed by atoms with Crippen LogP contribution in [0.15, 0.2) is 97.2 Å². The Morgan fingerprint density at radius 2 is 1.23 bits per heavy atom. The molecule has 2 heteroatoms. The van der Waals surface area contributed by atoms with Crippen molar-refractivity contribution in [1.29, 1.82) is 0 Å². The molecule has 2 nitrogen and oxygen atoms in total. The third kappa shape index (κ3) is 2.52. The van der Waals surface area contributed by atoms with Crippen LogP contribution in [-0.2, 0) is 0 Å². The van der Waals surface area contributed by atoms with E-state index in [0.717, 1.165) is 27.7 Å². The Labute approximate surface area is 151 Å². The first-order valence-corrected chi connectivity index (χ1v) is 8.69. The predicted molar refractivity (Wildman–Crippen MR) is 108 cm³/mol. The number of rotatable bonds is 2. The second-order valence-electron chi connectivity index (χ2n) is 6.35. The van der Waals surface area contributed by atoms with Gasteiger partial charge in [-0.25, -0.2) is 4.98 Å². The van der Waals surface area contributed by atoms with Gasteiger partial charge in [0.1, 0.15) is 0 Å². The maximum Gasteiger partial charge on any atom is 0.0972 e. The zero-order chi connectivity index (χ0) is 17.3. The van der Waals surface area contributed by atoms with Crippen LogP contribution in [0, 0.1) is 0 Å². The average Bonchev–Trinajstić information content (AvgIpc) is 2.74. The molecule has 4 aromatic carbocycles. The summed E-state index contributed by atoms with van der Waals surface area (Å²) in [6, 6.07) is 31.3. The molecular weight excluding hydrogens is 316 g/mol. The van der Waals surface area contributed by atoms with Crippen molar-refractivity contribution in [2.45, 2.75) is 0 Å². The highest BCUT2D eigenvalue weighted by Gasteiger charge is 2.06. The van der Waals surface area contributed by atoms with Gasteiger partial charge in [-0.05, 0) is 22.6 Å². The Bertz CT molecular complexity index is 1210. The molecule has 0 spiro atoms. The van der Waals surface area contributed by atoms with Crippen molar-refractivity contribution < 1.29 is 0 Å². The lowest BCUT2D eigenvalue weighted by Crippen LogP contribution is -1.90. The smallest absolute Gasteiger partial charge is 0.0972 e. The normalized spacial score (nSPS) is 11.1. The number of hydrogen-bond donors (Lipinski definition) is 0. The minimum atomic E-state index is 0.897. The Balaban J connectivity index is 1.61. The molecule has 0 bridgehead atoms. The van der Waals surface area contributed by atoms with Crippen molar-refractivity contribution in [2.24, 2.45) is 0 Å². The molecule has 0 aliphatic heterocycles. The van der Waals surface area contributed by atoms with E-state index in [0.29, 0.717) is 0 Å². The zero-order valence-electron chi connectivity index (χ0n) is 14.1. The Morgan fingerprint density at radius 3 is 2.08 bits per heavy atom. The van der Waals surface area contributed by atoms with Gasteiger partial charge in [-0.15, -0.1) is 0 Å². The first kappa shape index (κ1) is 14.8. The van der Waals surface area contributed by atoms with Crippen LogP contribution in [0.25, 0.3) is 44.2 Å². The summed E-state index contributed by atoms with van der Waals surface area (Å²) < 4.78 is 0. The van der Waals surface area contributed by atoms with E-state index >= 15 is 0 Å². The lowest BCUT2D eigenvalue weighted by atomic mass is 10.0. The topological polar surface area (TPSA) is 25.8 Å². The predicted octanol–water partition coefficient (Wildman–Crippen LogP) is 6.12. The minimum Gasteiger partial charge on any atom is -0.252 e. The molecular formula is C24H16N2. The van der Waals surface area contributed by atoms with E-state index in [1.807, 2.05) is 30.5 Å². The second kappa shape index (κ2) is 6.08. The van der Waals surface area contributed by atoms with Crippen LogP contribution in [0.1, 0.15) is 0 Å². The molecule has 0 aliphatic carbocycles. The largest absolute Gasteiger partial charge is 0.252 e. The SMILES string of the molecule is c1ccc(-c2ccc(-c3cnc4ccc5ccccc5c4n3)cc2)cc1. The molecule has 0 N–H and O–H groups in total. The number of hydrogen-bond acceptors (Lipinski definition) is 2. The molecule has 0 radical (unpaired) electrons. The van der Waals surface area contributed by atoms with Crippen LogP contribution in [-0.4, -0.2) is 9.97 Å². The summed E-state index contributed by atoms with van der Waals surface area (Å²) in [6.07, 6.45) is 1.86. The third-order valence-electron chi connectivity index (χ3n) is 4.73. The van der Waals surface area contributed by atoms with Crippen molar-refractivity contribution in [3.8, 4) is 22.4 Å². The van der Waals surface area contributed by atoms with E-state index in [1.54, 1.807) is 0 Å². The van der Waals surface area contributed by atoms with E-state index in [4.69, 9.17) is 4.98 Å². The minimum absolute atomic E-state index is 0.897. The van der Waals surface area contributed by atoms with Crippen LogP contribution < -0.4 is 0 Å². The Kier molecular flexibility index (Phi) is 3.46. The van der Waals surface area contributed by atoms with Crippen molar-refractivity contribution >= 4 is 21.8 Å². The molecule has 0 saturated heterocycles. The zero-order valence-corrected chi connectivity index (χ0v) is 14.1. The highest BCUT2D eigenvalue weighted by atomic mass is 14.8. The highest BCUT2D eigenvalue weighted by Crippen LogP contribution is 2.27. The van der Waals surface area contributed by atoms with Gasteiger partial charge in [-0.1, -0.05) is 84.9 Å². The van der Waals surface area contributed by atoms with Crippen LogP contribution in [0.5, 0.6) is 0 Å². The van der Waals surface area contributed by atoms with Gasteiger partial charge in [0.2, 0.25) is 0 Å². The first-order chi connectivity index (χ1) is 12.9. The first-order valence-electron chi connectivity index (χ1n) is 8.69. The average molecular weight is 332 g/mol. The molecule has 26 heavy (non-hydrogen) atoms. The Hall–Kier alpha value is -3.52. The number of nitrogens with zero attached hydrogens (tertiary/aromatic N) is 2. The lowest BCUT2D eigenvalue weighted by molar-refractivity contribution is 1.30. The van der Waals surface area contributed by atoms with Crippen LogP contribution >= 0.6 is 0 Å². The van der Waals surface area contributed by atoms with E-state index in [9.17, 15) is 0 Å². The molecule has 5 rings (SSSR count). The van der Waals surface area contributed by atoms with Crippen molar-refractivity contribution in [3.05, 3.63) is 97.2 Å². The molecule has 1 aromatic heterocycles. The van der Waals surface area contributed by atoms with Crippen molar-refractivity contribution in [3.63, 3.8) is 0 Å². The van der Waals surface area contributed by atoms with Gasteiger partial charge in [0.05, 0.1) is 22.9 Å². The molecule has 0 amide bonds. The fourth-order valence-electron chi connectivity index (χ4n) is 3.35. The number of benzene rings is 4. The fraction of sp³-hybridized carbons (Fsp3) is 0. The molecule has 0 fully saturated rings. The maximum atomic E-state index is 4.91. The summed E-state index contributed by atoms with van der Waals surface area (Å²) in [5, 5.41) is 2.33. The van der Waals surface area contributed by atoms with Crippen LogP contribution in [0.4, 0.5) is 0 Å². The molecule has 5 aromatic rings. The Morgan fingerprint density at radius 1 is 0.538 bits per heavy atom. The molecule has 0 atom stereocenters. The summed E-state index contributed by atoms with van der Waals surface area (Å²) in [5.41, 5.74) is 6.27. The summed E-state index contributed by atoms with van der Waals surface area (Å²) in [5.74, 6) is 0. The molecule has 0 aliphatic rings. The molecule has 122 valence electrons. The van der Waals surface area contributed by atoms with Gasteiger partial charge in [0, 0.05) is 10.9 Å². The van der Waals surface area contributed by atoms with E-state index in [2.05, 4.69) is 71.7 Å². The van der Waals surface area contributed by atoms with Crippen LogP contribution in [0.2, 0.25) is 0 Å². The highest BCUT2D eigenvalue weighted by molar-refractivity contribution is 6.04. The third-order valence-corrected chi connectivity index (χ3v) is 4.73. The summed E-state index contributed by atoms with van der Waals surface area (Å²) in [4.78, 5) is 9.54. The molecule has 0 unspecified atom stereocenters. The standard InChI is InChI=1S/C24H16N2/c1-2-6-17(7-3-1)18-10-12-20(13-11-18)23-16-25-22-15-14-19-8-4-5-9-21(19)24(22)26-23/h1-16H. The maximum absolute atomic E-state index is 4.91. The van der Waals surface area contributed by atoms with Gasteiger partial charge in [-0.2, -0.15) is 0 Å². The van der Waals surface area contributed by atoms with Crippen molar-refractivity contribution in [1.82, 2.24) is 9.97 Å². The van der Waals surface area contributed by atoms with E-state index in [-0.39, 0.29) is 0 Å². The van der Waals surface area contributed by atoms with Gasteiger partial charge in [0.25, 0.3) is 0 Å². The van der Waals surface area contributed by atoms with E-state index < -0.39 is 0 Å². The monoisotopic (exact) mass is 332 g/mol. The quantitative estimate of drug-likeness (QED) is 0.364. The summed E-state index contributed by atoms with van der Waals surface area (Å²) in [7, 11) is 0. The van der Waals surface area contributed by atoms with Gasteiger partial charge >= 0.3 is 0 Å². The van der Waals surface area contributed by atoms with Gasteiger partial charge < -0.3 is 0 Å². The van der Waals surface area contributed by atoms with Gasteiger partial charge in [-0.3, -0.25) is 4.98 Å². The van der Waals surface area contributed by atoms with Crippen LogP contribution in [0.3, 0.4) is 0 Å². The lowest BCUT2D eigenvalue weighted by Gasteiger charge is -2.07. The fourth-order valence-corrected chi connectivity index (χ4v) is 3.35. The summed E-state index contributed by atoms with van der Waals surface area (Å²) in [6.45, 7) is 0.